The molecule has 0 aromatic heterocycles. The van der Waals surface area contributed by atoms with Crippen LogP contribution in [-0.4, -0.2) is 24.0 Å². The predicted octanol–water partition coefficient (Wildman–Crippen LogP) is 3.31. The van der Waals surface area contributed by atoms with Gasteiger partial charge in [-0.15, -0.1) is 0 Å². The summed E-state index contributed by atoms with van der Waals surface area (Å²) in [7, 11) is 1.55. The van der Waals surface area contributed by atoms with Gasteiger partial charge in [0.25, 0.3) is 0 Å². The molecule has 0 heterocycles. The summed E-state index contributed by atoms with van der Waals surface area (Å²) in [5, 5.41) is 9.23. The van der Waals surface area contributed by atoms with E-state index in [-0.39, 0.29) is 5.78 Å². The Morgan fingerprint density at radius 1 is 1.25 bits per heavy atom. The minimum atomic E-state index is -0.916. The van der Waals surface area contributed by atoms with Crippen LogP contribution in [0.2, 0.25) is 0 Å². The van der Waals surface area contributed by atoms with Crippen LogP contribution in [0, 0.1) is 11.8 Å². The molecule has 4 nitrogen and oxygen atoms in total. The van der Waals surface area contributed by atoms with E-state index in [2.05, 4.69) is 15.9 Å². The molecule has 20 heavy (non-hydrogen) atoms. The maximum atomic E-state index is 12.5. The molecule has 0 bridgehead atoms. The smallest absolute Gasteiger partial charge is 0.307 e. The number of carbonyl (C=O) groups excluding carboxylic acids is 1. The molecule has 0 spiro atoms. The zero-order chi connectivity index (χ0) is 14.7. The number of carboxylic acids is 1. The number of ketones is 1. The second-order valence-electron chi connectivity index (χ2n) is 4.71. The summed E-state index contributed by atoms with van der Waals surface area (Å²) in [5.41, 5.74) is 0.504. The molecule has 1 aliphatic carbocycles. The number of hydrogen-bond donors (Lipinski definition) is 1. The van der Waals surface area contributed by atoms with Crippen LogP contribution in [0.25, 0.3) is 0 Å². The van der Waals surface area contributed by atoms with Gasteiger partial charge in [0.2, 0.25) is 0 Å². The van der Waals surface area contributed by atoms with Crippen molar-refractivity contribution in [1.29, 1.82) is 0 Å². The van der Waals surface area contributed by atoms with Gasteiger partial charge < -0.3 is 9.84 Å². The first-order valence-corrected chi connectivity index (χ1v) is 7.09. The Bertz CT molecular complexity index is 565. The lowest BCUT2D eigenvalue weighted by Gasteiger charge is -2.24. The van der Waals surface area contributed by atoms with Crippen LogP contribution >= 0.6 is 15.9 Å². The molecule has 0 amide bonds. The molecule has 0 radical (unpaired) electrons. The first-order chi connectivity index (χ1) is 9.54. The number of allylic oxidation sites excluding steroid dienone is 2. The Kier molecular flexibility index (Phi) is 4.60. The lowest BCUT2D eigenvalue weighted by Crippen LogP contribution is -2.31. The third-order valence-corrected chi connectivity index (χ3v) is 4.14. The summed E-state index contributed by atoms with van der Waals surface area (Å²) in [6, 6.07) is 5.05. The van der Waals surface area contributed by atoms with E-state index >= 15 is 0 Å². The number of methoxy groups -OCH3 is 1. The number of carboxylic acid groups (broad SMARTS) is 1. The second kappa shape index (κ2) is 6.22. The summed E-state index contributed by atoms with van der Waals surface area (Å²) in [6.07, 6.45) is 4.58. The van der Waals surface area contributed by atoms with Crippen LogP contribution in [0.15, 0.2) is 34.8 Å². The van der Waals surface area contributed by atoms with Crippen LogP contribution in [0.4, 0.5) is 0 Å². The number of halogens is 1. The van der Waals surface area contributed by atoms with Crippen molar-refractivity contribution < 1.29 is 19.4 Å². The highest BCUT2D eigenvalue weighted by molar-refractivity contribution is 9.10. The Labute approximate surface area is 125 Å². The fourth-order valence-corrected chi connectivity index (χ4v) is 2.95. The number of carbonyl (C=O) groups is 2. The summed E-state index contributed by atoms with van der Waals surface area (Å²) < 4.78 is 5.81. The van der Waals surface area contributed by atoms with Gasteiger partial charge in [0.15, 0.2) is 5.78 Å². The Morgan fingerprint density at radius 2 is 1.90 bits per heavy atom. The van der Waals surface area contributed by atoms with Crippen molar-refractivity contribution in [3.8, 4) is 5.75 Å². The van der Waals surface area contributed by atoms with E-state index in [9.17, 15) is 14.7 Å². The topological polar surface area (TPSA) is 63.6 Å². The number of benzene rings is 1. The molecule has 2 atom stereocenters. The van der Waals surface area contributed by atoms with Crippen LogP contribution in [0.3, 0.4) is 0 Å². The number of Topliss-reactive ketones (excluding diaryl/α,β-unsaturated/α-hetero) is 1. The van der Waals surface area contributed by atoms with Crippen molar-refractivity contribution in [2.45, 2.75) is 12.8 Å². The van der Waals surface area contributed by atoms with Gasteiger partial charge in [-0.2, -0.15) is 0 Å². The van der Waals surface area contributed by atoms with E-state index in [0.29, 0.717) is 28.6 Å². The van der Waals surface area contributed by atoms with Crippen molar-refractivity contribution in [3.05, 3.63) is 40.4 Å². The third kappa shape index (κ3) is 2.93. The fourth-order valence-electron chi connectivity index (χ4n) is 2.41. The largest absolute Gasteiger partial charge is 0.496 e. The standard InChI is InChI=1S/C15H15BrO4/c1-20-13-7-6-9(8-12(13)16)14(17)10-4-2-3-5-11(10)15(18)19/h2-3,6-8,10-11H,4-5H2,1H3,(H,18,19)/t10-,11+/m0/s1. The van der Waals surface area contributed by atoms with E-state index in [1.165, 1.54) is 0 Å². The maximum Gasteiger partial charge on any atom is 0.307 e. The summed E-state index contributed by atoms with van der Waals surface area (Å²) in [5.74, 6) is -1.56. The van der Waals surface area contributed by atoms with Crippen molar-refractivity contribution in [2.75, 3.05) is 7.11 Å². The average Bonchev–Trinajstić information content (AvgIpc) is 2.46. The summed E-state index contributed by atoms with van der Waals surface area (Å²) in [4.78, 5) is 23.8. The lowest BCUT2D eigenvalue weighted by atomic mass is 9.78. The normalized spacial score (nSPS) is 21.5. The number of hydrogen-bond acceptors (Lipinski definition) is 3. The molecule has 1 N–H and O–H groups in total. The van der Waals surface area contributed by atoms with Gasteiger partial charge in [-0.25, -0.2) is 0 Å². The van der Waals surface area contributed by atoms with Gasteiger partial charge in [0, 0.05) is 11.5 Å². The highest BCUT2D eigenvalue weighted by Gasteiger charge is 2.34. The second-order valence-corrected chi connectivity index (χ2v) is 5.56. The van der Waals surface area contributed by atoms with E-state index in [4.69, 9.17) is 4.74 Å². The summed E-state index contributed by atoms with van der Waals surface area (Å²) in [6.45, 7) is 0. The number of aliphatic carboxylic acids is 1. The minimum Gasteiger partial charge on any atom is -0.496 e. The highest BCUT2D eigenvalue weighted by atomic mass is 79.9. The first-order valence-electron chi connectivity index (χ1n) is 6.30. The molecular formula is C15H15BrO4. The third-order valence-electron chi connectivity index (χ3n) is 3.52. The lowest BCUT2D eigenvalue weighted by molar-refractivity contribution is -0.143. The molecule has 0 aliphatic heterocycles. The zero-order valence-corrected chi connectivity index (χ0v) is 12.6. The maximum absolute atomic E-state index is 12.5. The zero-order valence-electron chi connectivity index (χ0n) is 11.0. The molecule has 0 saturated heterocycles. The molecule has 0 saturated carbocycles. The fraction of sp³-hybridized carbons (Fsp3) is 0.333. The van der Waals surface area contributed by atoms with Gasteiger partial charge in [0.1, 0.15) is 5.75 Å². The van der Waals surface area contributed by atoms with Crippen LogP contribution < -0.4 is 4.74 Å². The number of ether oxygens (including phenoxy) is 1. The van der Waals surface area contributed by atoms with Gasteiger partial charge >= 0.3 is 5.97 Å². The van der Waals surface area contributed by atoms with Gasteiger partial charge in [-0.05, 0) is 47.0 Å². The average molecular weight is 339 g/mol. The monoisotopic (exact) mass is 338 g/mol. The molecule has 0 fully saturated rings. The molecule has 1 aliphatic rings. The Morgan fingerprint density at radius 3 is 2.45 bits per heavy atom. The molecule has 5 heteroatoms. The van der Waals surface area contributed by atoms with Crippen LogP contribution in [0.5, 0.6) is 5.75 Å². The Balaban J connectivity index is 2.28. The van der Waals surface area contributed by atoms with E-state index in [1.54, 1.807) is 25.3 Å². The van der Waals surface area contributed by atoms with E-state index < -0.39 is 17.8 Å². The molecule has 1 aromatic carbocycles. The van der Waals surface area contributed by atoms with Crippen molar-refractivity contribution in [2.24, 2.45) is 11.8 Å². The molecule has 2 rings (SSSR count). The number of rotatable bonds is 4. The molecular weight excluding hydrogens is 324 g/mol. The predicted molar refractivity (Wildman–Crippen MR) is 78.0 cm³/mol. The van der Waals surface area contributed by atoms with Crippen molar-refractivity contribution in [3.63, 3.8) is 0 Å². The van der Waals surface area contributed by atoms with Crippen molar-refractivity contribution in [1.82, 2.24) is 0 Å². The van der Waals surface area contributed by atoms with Crippen molar-refractivity contribution >= 4 is 27.7 Å². The minimum absolute atomic E-state index is 0.134. The molecule has 106 valence electrons. The van der Waals surface area contributed by atoms with Gasteiger partial charge in [-0.1, -0.05) is 12.2 Å². The highest BCUT2D eigenvalue weighted by Crippen LogP contribution is 2.32. The SMILES string of the molecule is COc1ccc(C(=O)[C@H]2CC=CC[C@H]2C(=O)O)cc1Br. The molecule has 0 unspecified atom stereocenters. The van der Waals surface area contributed by atoms with E-state index in [1.807, 2.05) is 12.2 Å². The van der Waals surface area contributed by atoms with Gasteiger partial charge in [-0.3, -0.25) is 9.59 Å². The quantitative estimate of drug-likeness (QED) is 0.675. The molecule has 1 aromatic rings. The summed E-state index contributed by atoms with van der Waals surface area (Å²) >= 11 is 3.34. The van der Waals surface area contributed by atoms with Gasteiger partial charge in [0.05, 0.1) is 17.5 Å². The Hall–Kier alpha value is -1.62. The first kappa shape index (κ1) is 14.8. The van der Waals surface area contributed by atoms with Crippen LogP contribution in [-0.2, 0) is 4.79 Å². The van der Waals surface area contributed by atoms with Crippen LogP contribution in [0.1, 0.15) is 23.2 Å². The van der Waals surface area contributed by atoms with E-state index in [0.717, 1.165) is 0 Å².